The van der Waals surface area contributed by atoms with Crippen molar-refractivity contribution in [2.24, 2.45) is 0 Å². The Morgan fingerprint density at radius 1 is 1.47 bits per heavy atom. The highest BCUT2D eigenvalue weighted by Gasteiger charge is 2.33. The fourth-order valence-electron chi connectivity index (χ4n) is 0.770. The molecule has 0 unspecified atom stereocenters. The Hall–Kier alpha value is -1.36. The normalized spacial score (nSPS) is 10.9. The Kier molecular flexibility index (Phi) is 3.14. The van der Waals surface area contributed by atoms with Gasteiger partial charge in [0, 0.05) is 6.07 Å². The predicted molar refractivity (Wildman–Crippen MR) is 43.3 cm³/mol. The first-order valence-corrected chi connectivity index (χ1v) is 4.14. The molecule has 0 bridgehead atoms. The highest BCUT2D eigenvalue weighted by Crippen LogP contribution is 2.29. The minimum Gasteiger partial charge on any atom is -0.404 e. The monoisotopic (exact) mass is 284 g/mol. The van der Waals surface area contributed by atoms with Gasteiger partial charge in [-0.25, -0.2) is 4.98 Å². The topological polar surface area (TPSA) is 45.9 Å². The van der Waals surface area contributed by atoms with Crippen LogP contribution in [0.4, 0.5) is 17.6 Å². The first-order valence-electron chi connectivity index (χ1n) is 3.35. The minimum absolute atomic E-state index is 0.196. The lowest BCUT2D eigenvalue weighted by Gasteiger charge is -2.10. The first-order chi connectivity index (χ1) is 6.83. The molecule has 1 aromatic heterocycles. The second-order valence-electron chi connectivity index (χ2n) is 2.27. The average molecular weight is 285 g/mol. The number of pyridine rings is 1. The van der Waals surface area contributed by atoms with Crippen molar-refractivity contribution >= 4 is 15.9 Å². The van der Waals surface area contributed by atoms with Gasteiger partial charge in [0.1, 0.15) is 16.2 Å². The van der Waals surface area contributed by atoms with Crippen molar-refractivity contribution in [1.29, 1.82) is 5.26 Å². The van der Waals surface area contributed by atoms with Crippen LogP contribution in [0.5, 0.6) is 5.75 Å². The summed E-state index contributed by atoms with van der Waals surface area (Å²) < 4.78 is 51.6. The van der Waals surface area contributed by atoms with E-state index in [0.717, 1.165) is 6.07 Å². The van der Waals surface area contributed by atoms with E-state index in [-0.39, 0.29) is 4.60 Å². The highest BCUT2D eigenvalue weighted by atomic mass is 79.9. The molecule has 0 saturated heterocycles. The van der Waals surface area contributed by atoms with E-state index in [2.05, 4.69) is 25.7 Å². The maximum absolute atomic E-state index is 12.9. The second kappa shape index (κ2) is 4.02. The summed E-state index contributed by atoms with van der Waals surface area (Å²) in [6.45, 7) is 0. The van der Waals surface area contributed by atoms with Gasteiger partial charge in [-0.15, -0.1) is 13.2 Å². The van der Waals surface area contributed by atoms with Gasteiger partial charge in [0.25, 0.3) is 0 Å². The molecule has 0 aliphatic carbocycles. The molecule has 0 N–H and O–H groups in total. The fourth-order valence-corrected chi connectivity index (χ4v) is 1.13. The number of alkyl halides is 3. The minimum atomic E-state index is -4.99. The summed E-state index contributed by atoms with van der Waals surface area (Å²) in [5.41, 5.74) is -0.893. The lowest BCUT2D eigenvalue weighted by atomic mass is 10.3. The average Bonchev–Trinajstić information content (AvgIpc) is 1.99. The Bertz CT molecular complexity index is 426. The molecule has 0 atom stereocenters. The van der Waals surface area contributed by atoms with Crippen molar-refractivity contribution in [1.82, 2.24) is 4.98 Å². The van der Waals surface area contributed by atoms with Crippen LogP contribution in [0, 0.1) is 17.3 Å². The van der Waals surface area contributed by atoms with Gasteiger partial charge in [0.15, 0.2) is 5.75 Å². The number of rotatable bonds is 1. The Morgan fingerprint density at radius 3 is 2.53 bits per heavy atom. The number of halogens is 5. The molecular formula is C7HBrF4N2O. The third kappa shape index (κ3) is 3.06. The zero-order valence-corrected chi connectivity index (χ0v) is 8.36. The maximum Gasteiger partial charge on any atom is 0.573 e. The number of aromatic nitrogens is 1. The molecule has 0 aliphatic heterocycles. The maximum atomic E-state index is 12.9. The molecule has 15 heavy (non-hydrogen) atoms. The summed E-state index contributed by atoms with van der Waals surface area (Å²) in [6, 6.07) is 1.99. The molecule has 0 radical (unpaired) electrons. The zero-order chi connectivity index (χ0) is 11.6. The van der Waals surface area contributed by atoms with E-state index in [9.17, 15) is 17.6 Å². The smallest absolute Gasteiger partial charge is 0.404 e. The molecule has 8 heteroatoms. The molecule has 0 saturated carbocycles. The lowest BCUT2D eigenvalue weighted by Crippen LogP contribution is -2.18. The molecule has 0 aliphatic rings. The highest BCUT2D eigenvalue weighted by molar-refractivity contribution is 9.10. The van der Waals surface area contributed by atoms with Crippen LogP contribution in [0.1, 0.15) is 5.56 Å². The second-order valence-corrected chi connectivity index (χ2v) is 3.08. The van der Waals surface area contributed by atoms with Crippen LogP contribution in [0.15, 0.2) is 10.7 Å². The SMILES string of the molecule is N#Cc1c(OC(F)(F)F)cc(Br)nc1F. The lowest BCUT2D eigenvalue weighted by molar-refractivity contribution is -0.274. The van der Waals surface area contributed by atoms with Gasteiger partial charge in [-0.2, -0.15) is 9.65 Å². The van der Waals surface area contributed by atoms with Gasteiger partial charge in [0.05, 0.1) is 0 Å². The fraction of sp³-hybridized carbons (Fsp3) is 0.143. The Labute approximate surface area is 89.4 Å². The largest absolute Gasteiger partial charge is 0.573 e. The predicted octanol–water partition coefficient (Wildman–Crippen LogP) is 2.75. The van der Waals surface area contributed by atoms with Gasteiger partial charge < -0.3 is 4.74 Å². The van der Waals surface area contributed by atoms with E-state index in [4.69, 9.17) is 5.26 Å². The van der Waals surface area contributed by atoms with E-state index in [0.29, 0.717) is 0 Å². The van der Waals surface area contributed by atoms with Crippen molar-refractivity contribution in [3.8, 4) is 11.8 Å². The summed E-state index contributed by atoms with van der Waals surface area (Å²) >= 11 is 2.68. The van der Waals surface area contributed by atoms with E-state index in [1.54, 1.807) is 0 Å². The van der Waals surface area contributed by atoms with Crippen LogP contribution in [0.3, 0.4) is 0 Å². The van der Waals surface area contributed by atoms with Gasteiger partial charge in [-0.1, -0.05) is 0 Å². The molecule has 1 aromatic rings. The molecule has 1 heterocycles. The van der Waals surface area contributed by atoms with Crippen molar-refractivity contribution in [3.63, 3.8) is 0 Å². The number of ether oxygens (including phenoxy) is 1. The summed E-state index contributed by atoms with van der Waals surface area (Å²) in [7, 11) is 0. The summed E-state index contributed by atoms with van der Waals surface area (Å²) in [6.07, 6.45) is -4.99. The Morgan fingerprint density at radius 2 is 2.07 bits per heavy atom. The van der Waals surface area contributed by atoms with Gasteiger partial charge in [0.2, 0.25) is 5.95 Å². The van der Waals surface area contributed by atoms with Crippen LogP contribution < -0.4 is 4.74 Å². The number of nitrogens with zero attached hydrogens (tertiary/aromatic N) is 2. The van der Waals surface area contributed by atoms with E-state index >= 15 is 0 Å². The summed E-state index contributed by atoms with van der Waals surface area (Å²) in [4.78, 5) is 3.12. The van der Waals surface area contributed by atoms with Crippen LogP contribution >= 0.6 is 15.9 Å². The Balaban J connectivity index is 3.23. The first kappa shape index (κ1) is 11.7. The summed E-state index contributed by atoms with van der Waals surface area (Å²) in [5.74, 6) is -2.25. The van der Waals surface area contributed by atoms with Crippen LogP contribution in [0.2, 0.25) is 0 Å². The van der Waals surface area contributed by atoms with Crippen molar-refractivity contribution in [3.05, 3.63) is 22.2 Å². The third-order valence-electron chi connectivity index (χ3n) is 1.25. The molecule has 0 fully saturated rings. The number of hydrogen-bond acceptors (Lipinski definition) is 3. The zero-order valence-electron chi connectivity index (χ0n) is 6.77. The van der Waals surface area contributed by atoms with E-state index in [1.165, 1.54) is 6.07 Å². The van der Waals surface area contributed by atoms with E-state index in [1.807, 2.05) is 0 Å². The van der Waals surface area contributed by atoms with Crippen LogP contribution in [-0.4, -0.2) is 11.3 Å². The standard InChI is InChI=1S/C7HBrF4N2O/c8-5-1-4(15-7(10,11)12)3(2-13)6(9)14-5/h1H. The van der Waals surface area contributed by atoms with Crippen molar-refractivity contribution in [2.75, 3.05) is 0 Å². The molecular weight excluding hydrogens is 284 g/mol. The molecule has 0 amide bonds. The quantitative estimate of drug-likeness (QED) is 0.588. The van der Waals surface area contributed by atoms with Crippen LogP contribution in [0.25, 0.3) is 0 Å². The van der Waals surface area contributed by atoms with E-state index < -0.39 is 23.6 Å². The molecule has 0 aromatic carbocycles. The van der Waals surface area contributed by atoms with Gasteiger partial charge >= 0.3 is 6.36 Å². The third-order valence-corrected chi connectivity index (χ3v) is 1.65. The summed E-state index contributed by atoms with van der Waals surface area (Å²) in [5, 5.41) is 8.39. The number of hydrogen-bond donors (Lipinski definition) is 0. The molecule has 80 valence electrons. The van der Waals surface area contributed by atoms with Crippen molar-refractivity contribution < 1.29 is 22.3 Å². The molecule has 1 rings (SSSR count). The van der Waals surface area contributed by atoms with Gasteiger partial charge in [-0.3, -0.25) is 0 Å². The van der Waals surface area contributed by atoms with Crippen LogP contribution in [-0.2, 0) is 0 Å². The number of nitriles is 1. The van der Waals surface area contributed by atoms with Crippen molar-refractivity contribution in [2.45, 2.75) is 6.36 Å². The molecule has 0 spiro atoms. The van der Waals surface area contributed by atoms with Gasteiger partial charge in [-0.05, 0) is 15.9 Å². The molecule has 3 nitrogen and oxygen atoms in total.